The molecule has 0 aromatic carbocycles. The van der Waals surface area contributed by atoms with E-state index in [0.29, 0.717) is 0 Å². The van der Waals surface area contributed by atoms with Gasteiger partial charge in [0.25, 0.3) is 0 Å². The third-order valence-electron chi connectivity index (χ3n) is 1.39. The highest BCUT2D eigenvalue weighted by Crippen LogP contribution is 2.10. The molecule has 0 radical (unpaired) electrons. The molecule has 2 aromatic heterocycles. The summed E-state index contributed by atoms with van der Waals surface area (Å²) in [6.07, 6.45) is 4.94. The molecule has 3 heteroatoms. The Kier molecular flexibility index (Phi) is 0.917. The highest BCUT2D eigenvalue weighted by atomic mass is 16.3. The van der Waals surface area contributed by atoms with Crippen LogP contribution in [0.15, 0.2) is 35.2 Å². The number of nitrogens with one attached hydrogen (secondary N) is 1. The Bertz CT molecular complexity index is 353. The summed E-state index contributed by atoms with van der Waals surface area (Å²) < 4.78 is 6.32. The van der Waals surface area contributed by atoms with Crippen LogP contribution in [0.3, 0.4) is 0 Å². The van der Waals surface area contributed by atoms with Gasteiger partial charge in [0.2, 0.25) is 0 Å². The molecule has 0 unspecified atom stereocenters. The van der Waals surface area contributed by atoms with E-state index in [0.717, 1.165) is 11.0 Å². The molecular formula is C7H6N2O. The van der Waals surface area contributed by atoms with Crippen LogP contribution >= 0.6 is 0 Å². The molecule has 50 valence electrons. The van der Waals surface area contributed by atoms with Crippen LogP contribution in [0, 0.1) is 0 Å². The van der Waals surface area contributed by atoms with E-state index in [1.54, 1.807) is 24.7 Å². The molecule has 0 amide bonds. The van der Waals surface area contributed by atoms with Crippen LogP contribution in [0.1, 0.15) is 0 Å². The van der Waals surface area contributed by atoms with Crippen molar-refractivity contribution in [3.63, 3.8) is 0 Å². The second-order valence-electron chi connectivity index (χ2n) is 2.09. The number of furan rings is 1. The molecule has 0 spiro atoms. The van der Waals surface area contributed by atoms with E-state index in [1.807, 2.05) is 6.07 Å². The number of hydrogen-bond acceptors (Lipinski definition) is 1. The summed E-state index contributed by atoms with van der Waals surface area (Å²) in [4.78, 5) is 0. The van der Waals surface area contributed by atoms with Gasteiger partial charge in [0.1, 0.15) is 5.58 Å². The second-order valence-corrected chi connectivity index (χ2v) is 2.09. The van der Waals surface area contributed by atoms with Crippen molar-refractivity contribution >= 4 is 11.0 Å². The van der Waals surface area contributed by atoms with Crippen LogP contribution in [0.4, 0.5) is 0 Å². The van der Waals surface area contributed by atoms with E-state index < -0.39 is 0 Å². The zero-order valence-corrected chi connectivity index (χ0v) is 5.24. The van der Waals surface area contributed by atoms with E-state index in [-0.39, 0.29) is 0 Å². The van der Waals surface area contributed by atoms with Crippen LogP contribution in [0.5, 0.6) is 0 Å². The zero-order valence-electron chi connectivity index (χ0n) is 5.24. The Hall–Kier alpha value is -1.51. The molecule has 1 N–H and O–H groups in total. The third-order valence-corrected chi connectivity index (χ3v) is 1.39. The Morgan fingerprint density at radius 3 is 3.20 bits per heavy atom. The number of rotatable bonds is 0. The molecule has 0 aliphatic carbocycles. The molecule has 0 saturated heterocycles. The smallest absolute Gasteiger partial charge is 0.175 e. The highest BCUT2D eigenvalue weighted by molar-refractivity contribution is 5.74. The van der Waals surface area contributed by atoms with Gasteiger partial charge in [0, 0.05) is 6.07 Å². The lowest BCUT2D eigenvalue weighted by atomic mass is 10.3. The average molecular weight is 134 g/mol. The molecule has 0 atom stereocenters. The number of aromatic nitrogens is 1. The van der Waals surface area contributed by atoms with Gasteiger partial charge in [-0.15, -0.1) is 0 Å². The average Bonchev–Trinajstić information content (AvgIpc) is 2.33. The van der Waals surface area contributed by atoms with Crippen molar-refractivity contribution in [2.45, 2.75) is 0 Å². The van der Waals surface area contributed by atoms with Crippen LogP contribution in [0.25, 0.3) is 16.8 Å². The van der Waals surface area contributed by atoms with Gasteiger partial charge in [-0.3, -0.25) is 0 Å². The Balaban J connectivity index is 2.86. The topological polar surface area (TPSA) is 40.8 Å². The molecule has 0 saturated carbocycles. The third kappa shape index (κ3) is 0.639. The maximum atomic E-state index is 7.19. The standard InChI is InChI=1S/C7H6N2O/c8-9-3-1-7-6(5-9)2-4-10-7/h1-5,8H. The molecular weight excluding hydrogens is 128 g/mol. The number of pyridine rings is 1. The zero-order chi connectivity index (χ0) is 6.97. The maximum absolute atomic E-state index is 7.19. The predicted octanol–water partition coefficient (Wildman–Crippen LogP) is 1.54. The van der Waals surface area contributed by atoms with Crippen molar-refractivity contribution in [1.82, 2.24) is 0 Å². The van der Waals surface area contributed by atoms with Gasteiger partial charge in [-0.1, -0.05) is 0 Å². The summed E-state index contributed by atoms with van der Waals surface area (Å²) in [5.41, 5.74) is 0.823. The normalized spacial score (nSPS) is 10.4. The minimum absolute atomic E-state index is 0.823. The van der Waals surface area contributed by atoms with Crippen LogP contribution in [-0.2, 0) is 0 Å². The Morgan fingerprint density at radius 2 is 2.30 bits per heavy atom. The summed E-state index contributed by atoms with van der Waals surface area (Å²) in [5, 5.41) is 0.956. The van der Waals surface area contributed by atoms with E-state index in [4.69, 9.17) is 10.3 Å². The van der Waals surface area contributed by atoms with Crippen molar-refractivity contribution in [3.05, 3.63) is 36.6 Å². The van der Waals surface area contributed by atoms with Gasteiger partial charge in [-0.2, -0.15) is 0 Å². The fourth-order valence-electron chi connectivity index (χ4n) is 0.914. The summed E-state index contributed by atoms with van der Waals surface area (Å²) >= 11 is 0. The van der Waals surface area contributed by atoms with E-state index in [9.17, 15) is 0 Å². The van der Waals surface area contributed by atoms with Crippen molar-refractivity contribution in [1.29, 1.82) is 0 Å². The monoisotopic (exact) mass is 134 g/mol. The largest absolute Gasteiger partial charge is 0.464 e. The van der Waals surface area contributed by atoms with Gasteiger partial charge >= 0.3 is 0 Å². The van der Waals surface area contributed by atoms with Gasteiger partial charge in [0.15, 0.2) is 12.4 Å². The lowest BCUT2D eigenvalue weighted by molar-refractivity contribution is -0.604. The lowest BCUT2D eigenvalue weighted by Crippen LogP contribution is -2.20. The van der Waals surface area contributed by atoms with Crippen LogP contribution in [-0.4, -0.2) is 0 Å². The number of fused-ring (bicyclic) bond motifs is 1. The Morgan fingerprint density at radius 1 is 1.40 bits per heavy atom. The number of hydrogen-bond donors (Lipinski definition) is 0. The van der Waals surface area contributed by atoms with Gasteiger partial charge in [-0.05, 0) is 6.07 Å². The molecule has 0 bridgehead atoms. The summed E-state index contributed by atoms with van der Waals surface area (Å²) in [5.74, 6) is 7.19. The quantitative estimate of drug-likeness (QED) is 0.504. The molecule has 0 fully saturated rings. The lowest BCUT2D eigenvalue weighted by Gasteiger charge is -1.91. The van der Waals surface area contributed by atoms with Gasteiger partial charge in [-0.25, -0.2) is 4.68 Å². The first kappa shape index (κ1) is 5.29. The van der Waals surface area contributed by atoms with Crippen molar-refractivity contribution in [3.8, 4) is 0 Å². The van der Waals surface area contributed by atoms with E-state index in [1.165, 1.54) is 4.68 Å². The first-order valence-electron chi connectivity index (χ1n) is 2.96. The molecule has 3 nitrogen and oxygen atoms in total. The fraction of sp³-hybridized carbons (Fsp3) is 0. The molecule has 2 rings (SSSR count). The van der Waals surface area contributed by atoms with Crippen LogP contribution < -0.4 is 4.68 Å². The van der Waals surface area contributed by atoms with E-state index in [2.05, 4.69) is 0 Å². The number of nitrogens with zero attached hydrogens (tertiary/aromatic N) is 1. The van der Waals surface area contributed by atoms with Gasteiger partial charge in [0.05, 0.1) is 11.6 Å². The van der Waals surface area contributed by atoms with Crippen molar-refractivity contribution in [2.75, 3.05) is 0 Å². The minimum Gasteiger partial charge on any atom is -0.464 e. The minimum atomic E-state index is 0.823. The van der Waals surface area contributed by atoms with Gasteiger partial charge < -0.3 is 10.3 Å². The predicted molar refractivity (Wildman–Crippen MR) is 36.1 cm³/mol. The van der Waals surface area contributed by atoms with Crippen molar-refractivity contribution in [2.24, 2.45) is 0 Å². The first-order valence-corrected chi connectivity index (χ1v) is 2.96. The molecule has 10 heavy (non-hydrogen) atoms. The first-order chi connectivity index (χ1) is 4.86. The summed E-state index contributed by atoms with van der Waals surface area (Å²) in [6.45, 7) is 0. The van der Waals surface area contributed by atoms with E-state index >= 15 is 0 Å². The molecule has 2 heterocycles. The molecule has 0 aliphatic heterocycles. The Labute approximate surface area is 57.6 Å². The molecule has 0 aliphatic rings. The van der Waals surface area contributed by atoms with Crippen LogP contribution in [0.2, 0.25) is 0 Å². The second kappa shape index (κ2) is 1.73. The summed E-state index contributed by atoms with van der Waals surface area (Å²) in [7, 11) is 0. The fourth-order valence-corrected chi connectivity index (χ4v) is 0.914. The maximum Gasteiger partial charge on any atom is 0.175 e. The highest BCUT2D eigenvalue weighted by Gasteiger charge is 1.97. The summed E-state index contributed by atoms with van der Waals surface area (Å²) in [6, 6.07) is 3.60. The molecule has 2 aromatic rings. The SMILES string of the molecule is [NH-][n+]1ccc2occc2c1. The van der Waals surface area contributed by atoms with Crippen molar-refractivity contribution < 1.29 is 9.09 Å².